The molecule has 2 aromatic rings. The molecule has 0 saturated heterocycles. The van der Waals surface area contributed by atoms with E-state index < -0.39 is 11.6 Å². The van der Waals surface area contributed by atoms with Gasteiger partial charge in [-0.25, -0.2) is 8.78 Å². The smallest absolute Gasteiger partial charge is 0.140 e. The van der Waals surface area contributed by atoms with Crippen molar-refractivity contribution >= 4 is 23.4 Å². The van der Waals surface area contributed by atoms with Crippen molar-refractivity contribution in [2.45, 2.75) is 29.2 Å². The molecule has 2 aromatic carbocycles. The summed E-state index contributed by atoms with van der Waals surface area (Å²) in [6.45, 7) is 1.90. The molecular weight excluding hydrogens is 300 g/mol. The lowest BCUT2D eigenvalue weighted by Gasteiger charge is -2.12. The Balaban J connectivity index is 2.32. The van der Waals surface area contributed by atoms with Crippen molar-refractivity contribution in [3.8, 4) is 0 Å². The molecule has 1 nitrogen and oxygen atoms in total. The monoisotopic (exact) mass is 313 g/mol. The van der Waals surface area contributed by atoms with E-state index in [9.17, 15) is 8.78 Å². The van der Waals surface area contributed by atoms with Crippen molar-refractivity contribution < 1.29 is 8.78 Å². The Hall–Kier alpha value is -1.10. The Morgan fingerprint density at radius 1 is 1.15 bits per heavy atom. The summed E-state index contributed by atoms with van der Waals surface area (Å²) in [7, 11) is 0. The molecule has 0 aliphatic carbocycles. The first-order valence-corrected chi connectivity index (χ1v) is 7.32. The lowest BCUT2D eigenvalue weighted by atomic mass is 10.1. The van der Waals surface area contributed by atoms with Crippen LogP contribution in [0.4, 0.5) is 8.78 Å². The first-order valence-electron chi connectivity index (χ1n) is 6.12. The highest BCUT2D eigenvalue weighted by molar-refractivity contribution is 7.99. The van der Waals surface area contributed by atoms with Crippen molar-refractivity contribution in [1.82, 2.24) is 0 Å². The van der Waals surface area contributed by atoms with Crippen LogP contribution in [0, 0.1) is 11.6 Å². The molecule has 0 radical (unpaired) electrons. The summed E-state index contributed by atoms with van der Waals surface area (Å²) < 4.78 is 26.6. The zero-order chi connectivity index (χ0) is 14.7. The summed E-state index contributed by atoms with van der Waals surface area (Å²) in [6, 6.07) is 8.93. The third-order valence-corrected chi connectivity index (χ3v) is 4.08. The molecule has 2 N–H and O–H groups in total. The van der Waals surface area contributed by atoms with E-state index in [4.69, 9.17) is 17.3 Å². The second-order valence-corrected chi connectivity index (χ2v) is 6.13. The molecule has 1 unspecified atom stereocenters. The number of hydrogen-bond donors (Lipinski definition) is 1. The Labute approximate surface area is 126 Å². The first kappa shape index (κ1) is 15.3. The molecule has 0 saturated carbocycles. The SMILES string of the molecule is CC(N)Cc1cc(Cl)ccc1Sc1ccc(F)cc1F. The van der Waals surface area contributed by atoms with Crippen LogP contribution in [0.25, 0.3) is 0 Å². The molecule has 1 atom stereocenters. The van der Waals surface area contributed by atoms with E-state index in [-0.39, 0.29) is 6.04 Å². The number of nitrogens with two attached hydrogens (primary N) is 1. The highest BCUT2D eigenvalue weighted by atomic mass is 35.5. The maximum Gasteiger partial charge on any atom is 0.140 e. The summed E-state index contributed by atoms with van der Waals surface area (Å²) in [6.07, 6.45) is 0.645. The molecule has 0 heterocycles. The highest BCUT2D eigenvalue weighted by Crippen LogP contribution is 2.34. The molecule has 0 aromatic heterocycles. The van der Waals surface area contributed by atoms with E-state index in [0.717, 1.165) is 16.5 Å². The van der Waals surface area contributed by atoms with E-state index in [1.807, 2.05) is 19.1 Å². The summed E-state index contributed by atoms with van der Waals surface area (Å²) in [5.74, 6) is -1.16. The maximum atomic E-state index is 13.7. The van der Waals surface area contributed by atoms with Crippen molar-refractivity contribution in [1.29, 1.82) is 0 Å². The molecule has 20 heavy (non-hydrogen) atoms. The van der Waals surface area contributed by atoms with E-state index in [0.29, 0.717) is 16.3 Å². The van der Waals surface area contributed by atoms with Crippen LogP contribution >= 0.6 is 23.4 Å². The molecule has 106 valence electrons. The van der Waals surface area contributed by atoms with Gasteiger partial charge in [0.15, 0.2) is 0 Å². The summed E-state index contributed by atoms with van der Waals surface area (Å²) in [5, 5.41) is 0.615. The third kappa shape index (κ3) is 3.95. The largest absolute Gasteiger partial charge is 0.328 e. The molecule has 0 aliphatic heterocycles. The van der Waals surface area contributed by atoms with Crippen LogP contribution < -0.4 is 5.73 Å². The number of rotatable bonds is 4. The summed E-state index contributed by atoms with van der Waals surface area (Å²) in [5.41, 5.74) is 6.77. The predicted octanol–water partition coefficient (Wildman–Crippen LogP) is 4.66. The number of benzene rings is 2. The van der Waals surface area contributed by atoms with Crippen LogP contribution in [0.15, 0.2) is 46.2 Å². The van der Waals surface area contributed by atoms with Crippen molar-refractivity contribution in [3.05, 3.63) is 58.6 Å². The van der Waals surface area contributed by atoms with E-state index in [2.05, 4.69) is 0 Å². The van der Waals surface area contributed by atoms with Crippen LogP contribution in [0.5, 0.6) is 0 Å². The number of hydrogen-bond acceptors (Lipinski definition) is 2. The zero-order valence-electron chi connectivity index (χ0n) is 10.9. The van der Waals surface area contributed by atoms with Gasteiger partial charge < -0.3 is 5.73 Å². The molecule has 0 amide bonds. The first-order chi connectivity index (χ1) is 9.45. The molecule has 0 aliphatic rings. The Bertz CT molecular complexity index is 617. The molecule has 0 fully saturated rings. The molecule has 0 spiro atoms. The Kier molecular flexibility index (Phi) is 5.02. The van der Waals surface area contributed by atoms with Crippen molar-refractivity contribution in [3.63, 3.8) is 0 Å². The van der Waals surface area contributed by atoms with Gasteiger partial charge in [0.1, 0.15) is 11.6 Å². The standard InChI is InChI=1S/C15H14ClF2NS/c1-9(19)6-10-7-11(16)2-4-14(10)20-15-5-3-12(17)8-13(15)18/h2-5,7-9H,6,19H2,1H3. The van der Waals surface area contributed by atoms with Crippen molar-refractivity contribution in [2.24, 2.45) is 5.73 Å². The van der Waals surface area contributed by atoms with Crippen LogP contribution in [0.3, 0.4) is 0 Å². The summed E-state index contributed by atoms with van der Waals surface area (Å²) >= 11 is 7.23. The Morgan fingerprint density at radius 3 is 2.50 bits per heavy atom. The van der Waals surface area contributed by atoms with Crippen LogP contribution in [0.1, 0.15) is 12.5 Å². The summed E-state index contributed by atoms with van der Waals surface area (Å²) in [4.78, 5) is 1.25. The van der Waals surface area contributed by atoms with Gasteiger partial charge in [-0.2, -0.15) is 0 Å². The minimum Gasteiger partial charge on any atom is -0.328 e. The van der Waals surface area contributed by atoms with Gasteiger partial charge in [0.2, 0.25) is 0 Å². The van der Waals surface area contributed by atoms with Gasteiger partial charge in [0.05, 0.1) is 0 Å². The van der Waals surface area contributed by atoms with E-state index >= 15 is 0 Å². The molecule has 2 rings (SSSR count). The third-order valence-electron chi connectivity index (χ3n) is 2.68. The van der Waals surface area contributed by atoms with Gasteiger partial charge in [0.25, 0.3) is 0 Å². The van der Waals surface area contributed by atoms with Gasteiger partial charge in [-0.05, 0) is 49.2 Å². The minimum absolute atomic E-state index is 0.0223. The normalized spacial score (nSPS) is 12.4. The van der Waals surface area contributed by atoms with Gasteiger partial charge in [-0.1, -0.05) is 23.4 Å². The van der Waals surface area contributed by atoms with E-state index in [1.165, 1.54) is 23.9 Å². The fourth-order valence-corrected chi connectivity index (χ4v) is 2.96. The minimum atomic E-state index is -0.584. The van der Waals surface area contributed by atoms with Crippen LogP contribution in [0.2, 0.25) is 5.02 Å². The zero-order valence-corrected chi connectivity index (χ0v) is 12.4. The average Bonchev–Trinajstić information content (AvgIpc) is 2.34. The van der Waals surface area contributed by atoms with Gasteiger partial charge in [0, 0.05) is 26.9 Å². The Morgan fingerprint density at radius 2 is 1.85 bits per heavy atom. The second-order valence-electron chi connectivity index (χ2n) is 4.61. The lowest BCUT2D eigenvalue weighted by Crippen LogP contribution is -2.18. The van der Waals surface area contributed by atoms with Crippen molar-refractivity contribution in [2.75, 3.05) is 0 Å². The fourth-order valence-electron chi connectivity index (χ4n) is 1.83. The topological polar surface area (TPSA) is 26.0 Å². The average molecular weight is 314 g/mol. The highest BCUT2D eigenvalue weighted by Gasteiger charge is 2.11. The van der Waals surface area contributed by atoms with E-state index in [1.54, 1.807) is 6.07 Å². The molecule has 5 heteroatoms. The molecule has 0 bridgehead atoms. The predicted molar refractivity (Wildman–Crippen MR) is 79.3 cm³/mol. The maximum absolute atomic E-state index is 13.7. The number of halogens is 3. The van der Waals surface area contributed by atoms with Crippen LogP contribution in [-0.2, 0) is 6.42 Å². The van der Waals surface area contributed by atoms with Gasteiger partial charge in [-0.3, -0.25) is 0 Å². The fraction of sp³-hybridized carbons (Fsp3) is 0.200. The molecular formula is C15H14ClF2NS. The second kappa shape index (κ2) is 6.57. The van der Waals surface area contributed by atoms with Gasteiger partial charge >= 0.3 is 0 Å². The quantitative estimate of drug-likeness (QED) is 0.888. The van der Waals surface area contributed by atoms with Crippen LogP contribution in [-0.4, -0.2) is 6.04 Å². The van der Waals surface area contributed by atoms with Gasteiger partial charge in [-0.15, -0.1) is 0 Å². The lowest BCUT2D eigenvalue weighted by molar-refractivity contribution is 0.565.